The summed E-state index contributed by atoms with van der Waals surface area (Å²) in [5.41, 5.74) is 5.54. The number of para-hydroxylation sites is 1. The third kappa shape index (κ3) is 5.55. The van der Waals surface area contributed by atoms with Gasteiger partial charge in [0.15, 0.2) is 16.9 Å². The number of carbonyl (C=O) groups excluding carboxylic acids is 1. The number of hydrogen-bond acceptors (Lipinski definition) is 6. The SMILES string of the molecule is Cc1cccc(OCC(=O)N/N=C/c2sc(Nc3ccccc3C)nc2Cl)c1. The van der Waals surface area contributed by atoms with Crippen molar-refractivity contribution in [2.24, 2.45) is 5.10 Å². The zero-order chi connectivity index (χ0) is 19.9. The lowest BCUT2D eigenvalue weighted by atomic mass is 10.2. The van der Waals surface area contributed by atoms with Crippen LogP contribution in [0.25, 0.3) is 0 Å². The van der Waals surface area contributed by atoms with Crippen molar-refractivity contribution in [1.82, 2.24) is 10.4 Å². The van der Waals surface area contributed by atoms with Gasteiger partial charge in [0.2, 0.25) is 0 Å². The number of aryl methyl sites for hydroxylation is 2. The van der Waals surface area contributed by atoms with E-state index in [4.69, 9.17) is 16.3 Å². The maximum Gasteiger partial charge on any atom is 0.277 e. The minimum absolute atomic E-state index is 0.128. The minimum Gasteiger partial charge on any atom is -0.484 e. The molecule has 0 aliphatic heterocycles. The Bertz CT molecular complexity index is 1000. The molecule has 0 bridgehead atoms. The molecule has 0 spiro atoms. The van der Waals surface area contributed by atoms with E-state index in [2.05, 4.69) is 20.8 Å². The number of thiazole rings is 1. The van der Waals surface area contributed by atoms with E-state index in [0.717, 1.165) is 16.8 Å². The third-order valence-electron chi connectivity index (χ3n) is 3.73. The fourth-order valence-electron chi connectivity index (χ4n) is 2.32. The Hall–Kier alpha value is -2.90. The molecule has 3 aromatic rings. The molecule has 1 heterocycles. The van der Waals surface area contributed by atoms with Gasteiger partial charge in [-0.25, -0.2) is 10.4 Å². The predicted molar refractivity (Wildman–Crippen MR) is 114 cm³/mol. The van der Waals surface area contributed by atoms with Crippen LogP contribution in [0.4, 0.5) is 10.8 Å². The van der Waals surface area contributed by atoms with E-state index in [-0.39, 0.29) is 12.5 Å². The van der Waals surface area contributed by atoms with E-state index in [1.165, 1.54) is 17.6 Å². The van der Waals surface area contributed by atoms with Gasteiger partial charge < -0.3 is 10.1 Å². The quantitative estimate of drug-likeness (QED) is 0.434. The topological polar surface area (TPSA) is 75.6 Å². The fraction of sp³-hybridized carbons (Fsp3) is 0.150. The van der Waals surface area contributed by atoms with Crippen LogP contribution in [-0.4, -0.2) is 23.7 Å². The Morgan fingerprint density at radius 2 is 2.07 bits per heavy atom. The minimum atomic E-state index is -0.364. The zero-order valence-electron chi connectivity index (χ0n) is 15.4. The van der Waals surface area contributed by atoms with Crippen LogP contribution in [-0.2, 0) is 4.79 Å². The fourth-order valence-corrected chi connectivity index (χ4v) is 3.36. The summed E-state index contributed by atoms with van der Waals surface area (Å²) in [5.74, 6) is 0.271. The number of amides is 1. The van der Waals surface area contributed by atoms with E-state index < -0.39 is 0 Å². The highest BCUT2D eigenvalue weighted by molar-refractivity contribution is 7.17. The second kappa shape index (κ2) is 9.34. The van der Waals surface area contributed by atoms with E-state index in [0.29, 0.717) is 20.9 Å². The highest BCUT2D eigenvalue weighted by Crippen LogP contribution is 2.28. The highest BCUT2D eigenvalue weighted by atomic mass is 35.5. The van der Waals surface area contributed by atoms with Crippen molar-refractivity contribution in [1.29, 1.82) is 0 Å². The number of ether oxygens (including phenoxy) is 1. The Balaban J connectivity index is 1.53. The molecule has 0 radical (unpaired) electrons. The average molecular weight is 415 g/mol. The largest absolute Gasteiger partial charge is 0.484 e. The van der Waals surface area contributed by atoms with Crippen LogP contribution in [0.2, 0.25) is 5.15 Å². The third-order valence-corrected chi connectivity index (χ3v) is 5.03. The molecule has 1 amide bonds. The number of rotatable bonds is 7. The summed E-state index contributed by atoms with van der Waals surface area (Å²) in [4.78, 5) is 16.8. The van der Waals surface area contributed by atoms with Crippen LogP contribution < -0.4 is 15.5 Å². The number of halogens is 1. The molecule has 2 N–H and O–H groups in total. The number of nitrogens with zero attached hydrogens (tertiary/aromatic N) is 2. The second-order valence-corrected chi connectivity index (χ2v) is 7.40. The van der Waals surface area contributed by atoms with Gasteiger partial charge in [-0.3, -0.25) is 4.79 Å². The maximum absolute atomic E-state index is 11.9. The lowest BCUT2D eigenvalue weighted by Crippen LogP contribution is -2.24. The van der Waals surface area contributed by atoms with Crippen molar-refractivity contribution in [2.45, 2.75) is 13.8 Å². The van der Waals surface area contributed by atoms with Gasteiger partial charge in [0.1, 0.15) is 5.75 Å². The van der Waals surface area contributed by atoms with Crippen LogP contribution in [0.15, 0.2) is 53.6 Å². The smallest absolute Gasteiger partial charge is 0.277 e. The Kier molecular flexibility index (Phi) is 6.62. The monoisotopic (exact) mass is 414 g/mol. The summed E-state index contributed by atoms with van der Waals surface area (Å²) < 4.78 is 5.43. The summed E-state index contributed by atoms with van der Waals surface area (Å²) in [7, 11) is 0. The molecule has 0 fully saturated rings. The van der Waals surface area contributed by atoms with Crippen LogP contribution in [0, 0.1) is 13.8 Å². The number of aromatic nitrogens is 1. The maximum atomic E-state index is 11.9. The van der Waals surface area contributed by atoms with Crippen LogP contribution >= 0.6 is 22.9 Å². The van der Waals surface area contributed by atoms with Crippen molar-refractivity contribution < 1.29 is 9.53 Å². The Labute approximate surface area is 172 Å². The van der Waals surface area contributed by atoms with Gasteiger partial charge in [-0.05, 0) is 43.2 Å². The molecular weight excluding hydrogens is 396 g/mol. The number of carbonyl (C=O) groups is 1. The van der Waals surface area contributed by atoms with Crippen LogP contribution in [0.3, 0.4) is 0 Å². The molecule has 8 heteroatoms. The van der Waals surface area contributed by atoms with E-state index >= 15 is 0 Å². The number of hydrazone groups is 1. The molecule has 2 aromatic carbocycles. The van der Waals surface area contributed by atoms with Gasteiger partial charge >= 0.3 is 0 Å². The Morgan fingerprint density at radius 1 is 1.25 bits per heavy atom. The molecule has 0 unspecified atom stereocenters. The summed E-state index contributed by atoms with van der Waals surface area (Å²) in [6.45, 7) is 3.84. The van der Waals surface area contributed by atoms with Crippen LogP contribution in [0.1, 0.15) is 16.0 Å². The highest BCUT2D eigenvalue weighted by Gasteiger charge is 2.09. The van der Waals surface area contributed by atoms with Crippen molar-refractivity contribution in [3.05, 3.63) is 69.7 Å². The van der Waals surface area contributed by atoms with Crippen molar-refractivity contribution in [3.63, 3.8) is 0 Å². The van der Waals surface area contributed by atoms with Crippen molar-refractivity contribution >= 4 is 45.9 Å². The molecule has 0 saturated heterocycles. The van der Waals surface area contributed by atoms with Crippen molar-refractivity contribution in [2.75, 3.05) is 11.9 Å². The molecule has 0 aliphatic rings. The Morgan fingerprint density at radius 3 is 2.86 bits per heavy atom. The first kappa shape index (κ1) is 19.9. The van der Waals surface area contributed by atoms with Crippen LogP contribution in [0.5, 0.6) is 5.75 Å². The lowest BCUT2D eigenvalue weighted by molar-refractivity contribution is -0.123. The first-order chi connectivity index (χ1) is 13.5. The van der Waals surface area contributed by atoms with Crippen molar-refractivity contribution in [3.8, 4) is 5.75 Å². The first-order valence-corrected chi connectivity index (χ1v) is 9.71. The van der Waals surface area contributed by atoms with Gasteiger partial charge in [-0.2, -0.15) is 5.10 Å². The summed E-state index contributed by atoms with van der Waals surface area (Å²) in [6, 6.07) is 15.4. The molecule has 144 valence electrons. The number of anilines is 2. The predicted octanol–water partition coefficient (Wildman–Crippen LogP) is 4.69. The van der Waals surface area contributed by atoms with E-state index in [1.807, 2.05) is 56.3 Å². The van der Waals surface area contributed by atoms with Gasteiger partial charge in [-0.15, -0.1) is 0 Å². The first-order valence-electron chi connectivity index (χ1n) is 8.51. The molecular formula is C20H19ClN4O2S. The zero-order valence-corrected chi connectivity index (χ0v) is 17.0. The molecule has 1 aromatic heterocycles. The lowest BCUT2D eigenvalue weighted by Gasteiger charge is -2.05. The van der Waals surface area contributed by atoms with Gasteiger partial charge in [0.25, 0.3) is 5.91 Å². The molecule has 0 aliphatic carbocycles. The summed E-state index contributed by atoms with van der Waals surface area (Å²) >= 11 is 7.49. The average Bonchev–Trinajstić information content (AvgIpc) is 3.01. The summed E-state index contributed by atoms with van der Waals surface area (Å²) in [5, 5.41) is 8.12. The molecule has 0 saturated carbocycles. The molecule has 28 heavy (non-hydrogen) atoms. The second-order valence-electron chi connectivity index (χ2n) is 6.01. The van der Waals surface area contributed by atoms with Gasteiger partial charge in [0, 0.05) is 5.69 Å². The standard InChI is InChI=1S/C20H19ClN4O2S/c1-13-6-5-8-15(10-13)27-12-18(26)25-22-11-17-19(21)24-20(28-17)23-16-9-4-3-7-14(16)2/h3-11H,12H2,1-2H3,(H,23,24)(H,25,26)/b22-11+. The van der Waals surface area contributed by atoms with E-state index in [9.17, 15) is 4.79 Å². The molecule has 6 nitrogen and oxygen atoms in total. The number of benzene rings is 2. The molecule has 0 atom stereocenters. The number of nitrogens with one attached hydrogen (secondary N) is 2. The summed E-state index contributed by atoms with van der Waals surface area (Å²) in [6.07, 6.45) is 1.47. The number of hydrogen-bond donors (Lipinski definition) is 2. The van der Waals surface area contributed by atoms with Gasteiger partial charge in [-0.1, -0.05) is 53.3 Å². The molecule has 3 rings (SSSR count). The van der Waals surface area contributed by atoms with E-state index in [1.54, 1.807) is 6.07 Å². The normalized spacial score (nSPS) is 10.8. The van der Waals surface area contributed by atoms with Gasteiger partial charge in [0.05, 0.1) is 11.1 Å².